The Kier molecular flexibility index (Phi) is 7.82. The number of hydrogen-bond acceptors (Lipinski definition) is 3. The Hall–Kier alpha value is -1.61. The Morgan fingerprint density at radius 3 is 0.722 bits per heavy atom. The van der Waals surface area contributed by atoms with Crippen LogP contribution in [-0.2, 0) is 13.7 Å². The van der Waals surface area contributed by atoms with E-state index in [2.05, 4.69) is 132 Å². The predicted molar refractivity (Wildman–Crippen MR) is 168 cm³/mol. The van der Waals surface area contributed by atoms with Crippen molar-refractivity contribution in [3.8, 4) is 0 Å². The van der Waals surface area contributed by atoms with E-state index in [-0.39, 0.29) is 0 Å². The van der Waals surface area contributed by atoms with Crippen LogP contribution in [0, 0.1) is 0 Å². The lowest BCUT2D eigenvalue weighted by Gasteiger charge is -2.32. The van der Waals surface area contributed by atoms with E-state index in [0.717, 1.165) is 16.4 Å². The highest BCUT2D eigenvalue weighted by Gasteiger charge is 2.43. The van der Waals surface area contributed by atoms with Crippen LogP contribution in [0.15, 0.2) is 72.8 Å². The SMILES string of the molecule is C[Si](C)(C)c1ccc(B2OB(c3ccc([Si](C)(C)C)cc3)OB(c3ccc([Si](C)(C)C)cc3)O2)cc1. The number of benzene rings is 3. The van der Waals surface area contributed by atoms with Crippen molar-refractivity contribution in [2.45, 2.75) is 58.9 Å². The van der Waals surface area contributed by atoms with Crippen molar-refractivity contribution in [2.24, 2.45) is 0 Å². The molecule has 0 radical (unpaired) electrons. The molecule has 0 saturated carbocycles. The first-order valence-corrected chi connectivity index (χ1v) is 23.5. The van der Waals surface area contributed by atoms with Gasteiger partial charge in [0.1, 0.15) is 0 Å². The quantitative estimate of drug-likeness (QED) is 0.461. The van der Waals surface area contributed by atoms with Crippen LogP contribution in [0.1, 0.15) is 0 Å². The first-order valence-electron chi connectivity index (χ1n) is 13.0. The third-order valence-electron chi connectivity index (χ3n) is 6.89. The molecule has 0 amide bonds. The Balaban J connectivity index is 1.65. The fourth-order valence-electron chi connectivity index (χ4n) is 4.33. The monoisotopic (exact) mass is 528 g/mol. The molecule has 1 saturated heterocycles. The number of hydrogen-bond donors (Lipinski definition) is 0. The predicted octanol–water partition coefficient (Wildman–Crippen LogP) is 2.87. The van der Waals surface area contributed by atoms with Crippen LogP contribution in [0.4, 0.5) is 0 Å². The van der Waals surface area contributed by atoms with Crippen LogP contribution in [0.5, 0.6) is 0 Å². The van der Waals surface area contributed by atoms with Gasteiger partial charge >= 0.3 is 21.4 Å². The summed E-state index contributed by atoms with van der Waals surface area (Å²) < 4.78 is 19.3. The smallest absolute Gasteiger partial charge is 0.445 e. The maximum Gasteiger partial charge on any atom is 0.467 e. The van der Waals surface area contributed by atoms with E-state index in [4.69, 9.17) is 13.7 Å². The minimum Gasteiger partial charge on any atom is -0.445 e. The molecular weight excluding hydrogens is 489 g/mol. The van der Waals surface area contributed by atoms with Crippen molar-refractivity contribution in [3.63, 3.8) is 0 Å². The molecule has 1 fully saturated rings. The van der Waals surface area contributed by atoms with E-state index in [1.807, 2.05) is 0 Å². The van der Waals surface area contributed by atoms with Crippen molar-refractivity contribution < 1.29 is 13.7 Å². The van der Waals surface area contributed by atoms with Crippen LogP contribution in [0.3, 0.4) is 0 Å². The normalized spacial score (nSPS) is 15.4. The zero-order valence-electron chi connectivity index (χ0n) is 23.4. The van der Waals surface area contributed by atoms with Crippen molar-refractivity contribution in [2.75, 3.05) is 0 Å². The highest BCUT2D eigenvalue weighted by Crippen LogP contribution is 2.12. The lowest BCUT2D eigenvalue weighted by molar-refractivity contribution is 0.308. The van der Waals surface area contributed by atoms with Crippen molar-refractivity contribution in [3.05, 3.63) is 72.8 Å². The fraction of sp³-hybridized carbons (Fsp3) is 0.333. The fourth-order valence-corrected chi connectivity index (χ4v) is 7.83. The van der Waals surface area contributed by atoms with Gasteiger partial charge in [0.2, 0.25) is 0 Å². The zero-order valence-corrected chi connectivity index (χ0v) is 26.4. The summed E-state index contributed by atoms with van der Waals surface area (Å²) >= 11 is 0. The summed E-state index contributed by atoms with van der Waals surface area (Å²) in [5, 5.41) is 4.28. The highest BCUT2D eigenvalue weighted by atomic mass is 28.3. The highest BCUT2D eigenvalue weighted by molar-refractivity contribution is 6.90. The first kappa shape index (κ1) is 27.4. The molecule has 1 aliphatic heterocycles. The Morgan fingerprint density at radius 2 is 0.556 bits per heavy atom. The van der Waals surface area contributed by atoms with Gasteiger partial charge in [-0.25, -0.2) is 0 Å². The largest absolute Gasteiger partial charge is 0.467 e. The van der Waals surface area contributed by atoms with Gasteiger partial charge in [0.15, 0.2) is 0 Å². The molecule has 0 atom stereocenters. The summed E-state index contributed by atoms with van der Waals surface area (Å²) in [6, 6.07) is 26.3. The van der Waals surface area contributed by atoms with E-state index in [9.17, 15) is 0 Å². The summed E-state index contributed by atoms with van der Waals surface area (Å²) in [4.78, 5) is 0. The Labute approximate surface area is 222 Å². The standard InChI is InChI=1S/C27H39B3O3Si3/c1-34(2,3)25-16-10-22(11-17-25)28-31-29(23-12-18-26(19-13-23)35(4,5)6)33-30(32-28)24-14-20-27(21-15-24)36(7,8)9/h10-21H,1-9H3. The molecule has 4 rings (SSSR count). The second-order valence-corrected chi connectivity index (χ2v) is 28.3. The van der Waals surface area contributed by atoms with Crippen LogP contribution >= 0.6 is 0 Å². The van der Waals surface area contributed by atoms with Gasteiger partial charge in [-0.05, 0) is 16.4 Å². The van der Waals surface area contributed by atoms with E-state index in [0.29, 0.717) is 0 Å². The summed E-state index contributed by atoms with van der Waals surface area (Å²) in [6.07, 6.45) is 0. The molecule has 3 aromatic rings. The van der Waals surface area contributed by atoms with Gasteiger partial charge in [-0.15, -0.1) is 0 Å². The van der Waals surface area contributed by atoms with Crippen molar-refractivity contribution >= 4 is 77.5 Å². The molecule has 3 nitrogen and oxygen atoms in total. The van der Waals surface area contributed by atoms with Crippen molar-refractivity contribution in [1.29, 1.82) is 0 Å². The molecule has 0 spiro atoms. The Morgan fingerprint density at radius 1 is 0.361 bits per heavy atom. The first-order chi connectivity index (χ1) is 16.7. The van der Waals surface area contributed by atoms with Gasteiger partial charge in [-0.1, -0.05) is 147 Å². The topological polar surface area (TPSA) is 27.7 Å². The second kappa shape index (κ2) is 10.3. The van der Waals surface area contributed by atoms with Crippen LogP contribution in [-0.4, -0.2) is 45.6 Å². The van der Waals surface area contributed by atoms with Gasteiger partial charge in [0.25, 0.3) is 0 Å². The molecule has 36 heavy (non-hydrogen) atoms. The minimum atomic E-state index is -1.38. The molecule has 0 aliphatic carbocycles. The lowest BCUT2D eigenvalue weighted by atomic mass is 9.61. The van der Waals surface area contributed by atoms with Crippen LogP contribution in [0.2, 0.25) is 58.9 Å². The molecule has 0 aromatic heterocycles. The summed E-state index contributed by atoms with van der Waals surface area (Å²) in [5.41, 5.74) is 3.06. The maximum absolute atomic E-state index is 6.42. The lowest BCUT2D eigenvalue weighted by Crippen LogP contribution is -2.61. The van der Waals surface area contributed by atoms with Gasteiger partial charge in [0.05, 0.1) is 24.2 Å². The van der Waals surface area contributed by atoms with Crippen molar-refractivity contribution in [1.82, 2.24) is 0 Å². The second-order valence-electron chi connectivity index (χ2n) is 13.0. The molecular formula is C27H39B3O3Si3. The van der Waals surface area contributed by atoms with E-state index < -0.39 is 45.6 Å². The van der Waals surface area contributed by atoms with Gasteiger partial charge in [-0.2, -0.15) is 0 Å². The molecule has 9 heteroatoms. The molecule has 186 valence electrons. The minimum absolute atomic E-state index is 0.502. The van der Waals surface area contributed by atoms with E-state index in [1.54, 1.807) is 0 Å². The van der Waals surface area contributed by atoms with E-state index in [1.165, 1.54) is 15.6 Å². The Bertz CT molecular complexity index is 1010. The summed E-state index contributed by atoms with van der Waals surface area (Å²) in [6.45, 7) is 21.3. The van der Waals surface area contributed by atoms with Gasteiger partial charge in [0, 0.05) is 0 Å². The van der Waals surface area contributed by atoms with Crippen LogP contribution < -0.4 is 31.9 Å². The zero-order chi connectivity index (χ0) is 26.3. The molecule has 3 aromatic carbocycles. The molecule has 0 unspecified atom stereocenters. The number of rotatable bonds is 6. The van der Waals surface area contributed by atoms with Gasteiger partial charge in [-0.3, -0.25) is 0 Å². The van der Waals surface area contributed by atoms with Crippen LogP contribution in [0.25, 0.3) is 0 Å². The molecule has 1 aliphatic rings. The molecule has 1 heterocycles. The summed E-state index contributed by atoms with van der Waals surface area (Å²) in [7, 11) is -5.65. The summed E-state index contributed by atoms with van der Waals surface area (Å²) in [5.74, 6) is 0. The third-order valence-corrected chi connectivity index (χ3v) is 13.1. The van der Waals surface area contributed by atoms with E-state index >= 15 is 0 Å². The average molecular weight is 528 g/mol. The van der Waals surface area contributed by atoms with Gasteiger partial charge < -0.3 is 13.7 Å². The molecule has 0 bridgehead atoms. The molecule has 0 N–H and O–H groups in total. The maximum atomic E-state index is 6.42. The third kappa shape index (κ3) is 6.44. The average Bonchev–Trinajstić information content (AvgIpc) is 2.82.